The lowest BCUT2D eigenvalue weighted by atomic mass is 10.2. The zero-order valence-corrected chi connectivity index (χ0v) is 8.27. The first-order valence-corrected chi connectivity index (χ1v) is 4.32. The second-order valence-corrected chi connectivity index (χ2v) is 3.24. The molecule has 0 saturated carbocycles. The minimum Gasteiger partial charge on any atom is -0.389 e. The van der Waals surface area contributed by atoms with Gasteiger partial charge in [0.15, 0.2) is 0 Å². The van der Waals surface area contributed by atoms with Gasteiger partial charge in [0.2, 0.25) is 0 Å². The highest BCUT2D eigenvalue weighted by molar-refractivity contribution is 4.68. The Hall–Kier alpha value is -0.330. The van der Waals surface area contributed by atoms with Crippen molar-refractivity contribution in [1.29, 1.82) is 0 Å². The average Bonchev–Trinajstić information content (AvgIpc) is 1.98. The van der Waals surface area contributed by atoms with Crippen molar-refractivity contribution in [3.05, 3.63) is 0 Å². The fourth-order valence-corrected chi connectivity index (χ4v) is 1.01. The van der Waals surface area contributed by atoms with Gasteiger partial charge in [0.1, 0.15) is 0 Å². The van der Waals surface area contributed by atoms with Crippen molar-refractivity contribution in [2.24, 2.45) is 0 Å². The summed E-state index contributed by atoms with van der Waals surface area (Å²) >= 11 is 0. The summed E-state index contributed by atoms with van der Waals surface area (Å²) in [4.78, 5) is 0. The Morgan fingerprint density at radius 2 is 2.00 bits per heavy atom. The Kier molecular flexibility index (Phi) is 6.06. The van der Waals surface area contributed by atoms with Gasteiger partial charge >= 0.3 is 6.18 Å². The van der Waals surface area contributed by atoms with Crippen LogP contribution < -0.4 is 5.32 Å². The number of rotatable bonds is 6. The van der Waals surface area contributed by atoms with Gasteiger partial charge in [0.05, 0.1) is 19.1 Å². The van der Waals surface area contributed by atoms with E-state index in [9.17, 15) is 13.2 Å². The second kappa shape index (κ2) is 6.21. The van der Waals surface area contributed by atoms with Crippen molar-refractivity contribution in [2.45, 2.75) is 31.7 Å². The van der Waals surface area contributed by atoms with E-state index in [0.29, 0.717) is 0 Å². The molecule has 0 rings (SSSR count). The van der Waals surface area contributed by atoms with Crippen LogP contribution in [-0.2, 0) is 4.74 Å². The molecule has 0 fully saturated rings. The summed E-state index contributed by atoms with van der Waals surface area (Å²) in [5.41, 5.74) is 0. The molecule has 2 unspecified atom stereocenters. The van der Waals surface area contributed by atoms with Crippen LogP contribution in [-0.4, -0.2) is 43.7 Å². The van der Waals surface area contributed by atoms with E-state index in [0.717, 1.165) is 0 Å². The van der Waals surface area contributed by atoms with Gasteiger partial charge in [-0.2, -0.15) is 13.2 Å². The molecule has 0 saturated heterocycles. The van der Waals surface area contributed by atoms with Gasteiger partial charge < -0.3 is 15.2 Å². The quantitative estimate of drug-likeness (QED) is 0.692. The Balaban J connectivity index is 3.58. The number of alkyl halides is 3. The van der Waals surface area contributed by atoms with Crippen LogP contribution in [0.15, 0.2) is 0 Å². The van der Waals surface area contributed by atoms with Crippen LogP contribution in [0.2, 0.25) is 0 Å². The number of ether oxygens (including phenoxy) is 1. The molecule has 0 aromatic carbocycles. The van der Waals surface area contributed by atoms with E-state index >= 15 is 0 Å². The van der Waals surface area contributed by atoms with Crippen molar-refractivity contribution in [1.82, 2.24) is 5.32 Å². The van der Waals surface area contributed by atoms with Crippen molar-refractivity contribution in [3.63, 3.8) is 0 Å². The number of aliphatic hydroxyl groups excluding tert-OH is 1. The van der Waals surface area contributed by atoms with Gasteiger partial charge in [0.25, 0.3) is 0 Å². The Morgan fingerprint density at radius 1 is 1.43 bits per heavy atom. The third kappa shape index (κ3) is 8.28. The van der Waals surface area contributed by atoms with Crippen LogP contribution in [0.4, 0.5) is 13.2 Å². The monoisotopic (exact) mass is 215 g/mol. The summed E-state index contributed by atoms with van der Waals surface area (Å²) in [5.74, 6) is 0. The van der Waals surface area contributed by atoms with E-state index in [1.807, 2.05) is 0 Å². The predicted molar refractivity (Wildman–Crippen MR) is 46.0 cm³/mol. The van der Waals surface area contributed by atoms with Crippen LogP contribution in [0, 0.1) is 0 Å². The SMILES string of the molecule is COCC(O)CNC(C)CC(F)(F)F. The zero-order valence-electron chi connectivity index (χ0n) is 8.27. The Bertz CT molecular complexity index is 152. The molecule has 3 nitrogen and oxygen atoms in total. The molecule has 86 valence electrons. The van der Waals surface area contributed by atoms with E-state index in [1.54, 1.807) is 0 Å². The molecule has 0 heterocycles. The summed E-state index contributed by atoms with van der Waals surface area (Å²) in [6.07, 6.45) is -5.83. The highest BCUT2D eigenvalue weighted by Crippen LogP contribution is 2.21. The molecular formula is C8H16F3NO2. The number of hydrogen-bond donors (Lipinski definition) is 2. The van der Waals surface area contributed by atoms with Crippen LogP contribution in [0.5, 0.6) is 0 Å². The van der Waals surface area contributed by atoms with Crippen LogP contribution in [0.3, 0.4) is 0 Å². The van der Waals surface area contributed by atoms with Gasteiger partial charge in [-0.25, -0.2) is 0 Å². The summed E-state index contributed by atoms with van der Waals surface area (Å²) in [6, 6.07) is -0.693. The summed E-state index contributed by atoms with van der Waals surface area (Å²) < 4.78 is 40.2. The predicted octanol–water partition coefficient (Wildman–Crippen LogP) is 0.924. The van der Waals surface area contributed by atoms with E-state index < -0.39 is 24.7 Å². The molecule has 0 radical (unpaired) electrons. The van der Waals surface area contributed by atoms with E-state index in [1.165, 1.54) is 14.0 Å². The molecule has 6 heteroatoms. The van der Waals surface area contributed by atoms with Crippen LogP contribution in [0.1, 0.15) is 13.3 Å². The maximum Gasteiger partial charge on any atom is 0.390 e. The molecule has 0 amide bonds. The third-order valence-electron chi connectivity index (χ3n) is 1.60. The summed E-state index contributed by atoms with van der Waals surface area (Å²) in [7, 11) is 1.42. The van der Waals surface area contributed by atoms with Crippen LogP contribution in [0.25, 0.3) is 0 Å². The van der Waals surface area contributed by atoms with Gasteiger partial charge in [-0.05, 0) is 6.92 Å². The largest absolute Gasteiger partial charge is 0.390 e. The minimum absolute atomic E-state index is 0.102. The molecule has 2 N–H and O–H groups in total. The van der Waals surface area contributed by atoms with Crippen molar-refractivity contribution in [2.75, 3.05) is 20.3 Å². The summed E-state index contributed by atoms with van der Waals surface area (Å²) in [6.45, 7) is 1.64. The molecule has 0 bridgehead atoms. The first kappa shape index (κ1) is 13.7. The van der Waals surface area contributed by atoms with Crippen LogP contribution >= 0.6 is 0 Å². The maximum absolute atomic E-state index is 11.9. The number of methoxy groups -OCH3 is 1. The fraction of sp³-hybridized carbons (Fsp3) is 1.00. The highest BCUT2D eigenvalue weighted by Gasteiger charge is 2.29. The lowest BCUT2D eigenvalue weighted by molar-refractivity contribution is -0.139. The lowest BCUT2D eigenvalue weighted by Gasteiger charge is -2.17. The first-order valence-electron chi connectivity index (χ1n) is 4.32. The second-order valence-electron chi connectivity index (χ2n) is 3.24. The third-order valence-corrected chi connectivity index (χ3v) is 1.60. The first-order chi connectivity index (χ1) is 6.35. The summed E-state index contributed by atoms with van der Waals surface area (Å²) in [5, 5.41) is 11.7. The molecule has 2 atom stereocenters. The maximum atomic E-state index is 11.9. The van der Waals surface area contributed by atoms with Gasteiger partial charge in [-0.15, -0.1) is 0 Å². The molecular weight excluding hydrogens is 199 g/mol. The Morgan fingerprint density at radius 3 is 2.43 bits per heavy atom. The van der Waals surface area contributed by atoms with Crippen molar-refractivity contribution in [3.8, 4) is 0 Å². The Labute approximate surface area is 81.2 Å². The number of hydrogen-bond acceptors (Lipinski definition) is 3. The van der Waals surface area contributed by atoms with E-state index in [2.05, 4.69) is 10.1 Å². The van der Waals surface area contributed by atoms with Gasteiger partial charge in [0, 0.05) is 19.7 Å². The lowest BCUT2D eigenvalue weighted by Crippen LogP contribution is -2.38. The standard InChI is InChI=1S/C8H16F3NO2/c1-6(3-8(9,10)11)12-4-7(13)5-14-2/h6-7,12-13H,3-5H2,1-2H3. The molecule has 0 aromatic rings. The fourth-order valence-electron chi connectivity index (χ4n) is 1.01. The highest BCUT2D eigenvalue weighted by atomic mass is 19.4. The molecule has 0 spiro atoms. The van der Waals surface area contributed by atoms with Crippen molar-refractivity contribution < 1.29 is 23.0 Å². The van der Waals surface area contributed by atoms with Gasteiger partial charge in [-0.1, -0.05) is 0 Å². The topological polar surface area (TPSA) is 41.5 Å². The molecule has 0 aliphatic rings. The van der Waals surface area contributed by atoms with Crippen molar-refractivity contribution >= 4 is 0 Å². The smallest absolute Gasteiger partial charge is 0.389 e. The average molecular weight is 215 g/mol. The number of nitrogens with one attached hydrogen (secondary N) is 1. The van der Waals surface area contributed by atoms with E-state index in [-0.39, 0.29) is 13.2 Å². The minimum atomic E-state index is -4.17. The normalized spacial score (nSPS) is 16.7. The number of aliphatic hydroxyl groups is 1. The van der Waals surface area contributed by atoms with E-state index in [4.69, 9.17) is 5.11 Å². The molecule has 0 aliphatic carbocycles. The zero-order chi connectivity index (χ0) is 11.2. The molecule has 0 aliphatic heterocycles. The van der Waals surface area contributed by atoms with Gasteiger partial charge in [-0.3, -0.25) is 0 Å². The number of halogens is 3. The molecule has 14 heavy (non-hydrogen) atoms. The molecule has 0 aromatic heterocycles.